The summed E-state index contributed by atoms with van der Waals surface area (Å²) in [6, 6.07) is 1.37. The second-order valence-corrected chi connectivity index (χ2v) is 4.22. The van der Waals surface area contributed by atoms with Gasteiger partial charge in [-0.3, -0.25) is 4.99 Å². The number of aromatic nitrogens is 2. The molecule has 2 aromatic heterocycles. The molecule has 0 atom stereocenters. The summed E-state index contributed by atoms with van der Waals surface area (Å²) in [6.45, 7) is 6.75. The van der Waals surface area contributed by atoms with Gasteiger partial charge in [-0.15, -0.1) is 0 Å². The quantitative estimate of drug-likeness (QED) is 0.660. The van der Waals surface area contributed by atoms with Gasteiger partial charge in [0, 0.05) is 22.9 Å². The van der Waals surface area contributed by atoms with Crippen LogP contribution in [0.15, 0.2) is 47.6 Å². The standard InChI is InChI=1S/C14H13F2N3/c1-8(2)13(16)7-17-9(3)12-6-19-14-11(12)4-10(15)5-18-14/h4-7H,1H2,2-3H3,(H,18,19)/b13-7+,17-9?. The lowest BCUT2D eigenvalue weighted by Crippen LogP contribution is -1.92. The van der Waals surface area contributed by atoms with Gasteiger partial charge in [-0.25, -0.2) is 13.8 Å². The molecule has 98 valence electrons. The highest BCUT2D eigenvalue weighted by atomic mass is 19.1. The molecule has 0 aromatic carbocycles. The summed E-state index contributed by atoms with van der Waals surface area (Å²) in [5, 5.41) is 0.616. The normalized spacial score (nSPS) is 13.1. The summed E-state index contributed by atoms with van der Waals surface area (Å²) in [4.78, 5) is 10.9. The second-order valence-electron chi connectivity index (χ2n) is 4.22. The first-order valence-electron chi connectivity index (χ1n) is 5.68. The number of allylic oxidation sites excluding steroid dienone is 2. The molecule has 1 N–H and O–H groups in total. The van der Waals surface area contributed by atoms with Crippen LogP contribution in [0.2, 0.25) is 0 Å². The number of H-pyrrole nitrogens is 1. The Morgan fingerprint density at radius 2 is 2.21 bits per heavy atom. The van der Waals surface area contributed by atoms with E-state index in [0.29, 0.717) is 27.9 Å². The van der Waals surface area contributed by atoms with E-state index in [0.717, 1.165) is 12.4 Å². The number of nitrogens with zero attached hydrogens (tertiary/aromatic N) is 2. The fraction of sp³-hybridized carbons (Fsp3) is 0.143. The Hall–Kier alpha value is -2.30. The molecule has 0 spiro atoms. The SMILES string of the molecule is C=C(C)/C(F)=C\N=C(C)c1c[nH]c2ncc(F)cc12. The molecule has 2 heterocycles. The van der Waals surface area contributed by atoms with Crippen LogP contribution in [0.25, 0.3) is 11.0 Å². The van der Waals surface area contributed by atoms with Crippen molar-refractivity contribution < 1.29 is 8.78 Å². The number of aliphatic imine (C=N–C) groups is 1. The van der Waals surface area contributed by atoms with Crippen molar-refractivity contribution in [1.82, 2.24) is 9.97 Å². The van der Waals surface area contributed by atoms with Crippen molar-refractivity contribution in [3.63, 3.8) is 0 Å². The van der Waals surface area contributed by atoms with Gasteiger partial charge in [-0.1, -0.05) is 6.58 Å². The largest absolute Gasteiger partial charge is 0.345 e. The van der Waals surface area contributed by atoms with Crippen molar-refractivity contribution in [2.24, 2.45) is 4.99 Å². The third kappa shape index (κ3) is 2.76. The molecule has 19 heavy (non-hydrogen) atoms. The van der Waals surface area contributed by atoms with E-state index < -0.39 is 11.6 Å². The molecule has 0 fully saturated rings. The van der Waals surface area contributed by atoms with Crippen molar-refractivity contribution in [2.45, 2.75) is 13.8 Å². The highest BCUT2D eigenvalue weighted by Gasteiger charge is 2.08. The van der Waals surface area contributed by atoms with Crippen molar-refractivity contribution >= 4 is 16.7 Å². The predicted molar refractivity (Wildman–Crippen MR) is 72.3 cm³/mol. The molecule has 0 saturated heterocycles. The zero-order valence-corrected chi connectivity index (χ0v) is 10.7. The molecule has 0 saturated carbocycles. The number of nitrogens with one attached hydrogen (secondary N) is 1. The van der Waals surface area contributed by atoms with Gasteiger partial charge in [0.25, 0.3) is 0 Å². The predicted octanol–water partition coefficient (Wildman–Crippen LogP) is 3.90. The molecule has 3 nitrogen and oxygen atoms in total. The summed E-state index contributed by atoms with van der Waals surface area (Å²) in [6.07, 6.45) is 3.90. The van der Waals surface area contributed by atoms with Crippen LogP contribution in [0.5, 0.6) is 0 Å². The van der Waals surface area contributed by atoms with E-state index in [2.05, 4.69) is 21.5 Å². The van der Waals surface area contributed by atoms with E-state index >= 15 is 0 Å². The molecule has 2 rings (SSSR count). The lowest BCUT2D eigenvalue weighted by Gasteiger charge is -1.97. The number of halogens is 2. The molecule has 2 aromatic rings. The Morgan fingerprint density at radius 3 is 2.89 bits per heavy atom. The van der Waals surface area contributed by atoms with Crippen LogP contribution in [-0.4, -0.2) is 15.7 Å². The molecule has 5 heteroatoms. The molecule has 0 amide bonds. The lowest BCUT2D eigenvalue weighted by atomic mass is 10.1. The monoisotopic (exact) mass is 261 g/mol. The van der Waals surface area contributed by atoms with Crippen LogP contribution < -0.4 is 0 Å². The van der Waals surface area contributed by atoms with Crippen LogP contribution in [0.4, 0.5) is 8.78 Å². The molecule has 0 aliphatic carbocycles. The smallest absolute Gasteiger partial charge is 0.143 e. The van der Waals surface area contributed by atoms with Crippen molar-refractivity contribution in [1.29, 1.82) is 0 Å². The van der Waals surface area contributed by atoms with E-state index in [1.54, 1.807) is 20.0 Å². The maximum Gasteiger partial charge on any atom is 0.143 e. The fourth-order valence-corrected chi connectivity index (χ4v) is 1.61. The molecular formula is C14H13F2N3. The number of hydrogen-bond donors (Lipinski definition) is 1. The van der Waals surface area contributed by atoms with E-state index in [9.17, 15) is 8.78 Å². The van der Waals surface area contributed by atoms with Crippen LogP contribution >= 0.6 is 0 Å². The van der Waals surface area contributed by atoms with Gasteiger partial charge in [0.15, 0.2) is 0 Å². The van der Waals surface area contributed by atoms with Crippen molar-refractivity contribution in [3.05, 3.63) is 54.0 Å². The first kappa shape index (κ1) is 13.1. The third-order valence-corrected chi connectivity index (χ3v) is 2.67. The summed E-state index contributed by atoms with van der Waals surface area (Å²) in [5.41, 5.74) is 2.13. The molecule has 0 radical (unpaired) electrons. The number of fused-ring (bicyclic) bond motifs is 1. The van der Waals surface area contributed by atoms with E-state index in [1.165, 1.54) is 6.07 Å². The van der Waals surface area contributed by atoms with Crippen LogP contribution in [0, 0.1) is 5.82 Å². The Morgan fingerprint density at radius 1 is 1.47 bits per heavy atom. The minimum atomic E-state index is -0.483. The molecule has 0 unspecified atom stereocenters. The first-order chi connectivity index (χ1) is 8.99. The first-order valence-corrected chi connectivity index (χ1v) is 5.68. The average molecular weight is 261 g/mol. The maximum absolute atomic E-state index is 13.3. The molecule has 0 aliphatic heterocycles. The minimum Gasteiger partial charge on any atom is -0.345 e. The van der Waals surface area contributed by atoms with Gasteiger partial charge in [0.05, 0.1) is 12.4 Å². The molecule has 0 aliphatic rings. The van der Waals surface area contributed by atoms with E-state index in [-0.39, 0.29) is 0 Å². The van der Waals surface area contributed by atoms with Gasteiger partial charge < -0.3 is 4.98 Å². The Bertz CT molecular complexity index is 696. The van der Waals surface area contributed by atoms with Crippen molar-refractivity contribution in [3.8, 4) is 0 Å². The van der Waals surface area contributed by atoms with E-state index in [4.69, 9.17) is 0 Å². The van der Waals surface area contributed by atoms with Gasteiger partial charge >= 0.3 is 0 Å². The molecular weight excluding hydrogens is 248 g/mol. The van der Waals surface area contributed by atoms with Gasteiger partial charge in [-0.2, -0.15) is 0 Å². The number of aromatic amines is 1. The second kappa shape index (κ2) is 5.14. The molecule has 0 bridgehead atoms. The maximum atomic E-state index is 13.3. The van der Waals surface area contributed by atoms with E-state index in [1.807, 2.05) is 0 Å². The minimum absolute atomic E-state index is 0.309. The van der Waals surface area contributed by atoms with Gasteiger partial charge in [0.2, 0.25) is 0 Å². The number of hydrogen-bond acceptors (Lipinski definition) is 2. The Labute approximate surface area is 109 Å². The van der Waals surface area contributed by atoms with Crippen molar-refractivity contribution in [2.75, 3.05) is 0 Å². The Kier molecular flexibility index (Phi) is 3.55. The lowest BCUT2D eigenvalue weighted by molar-refractivity contribution is 0.624. The van der Waals surface area contributed by atoms with Gasteiger partial charge in [0.1, 0.15) is 17.3 Å². The number of rotatable bonds is 3. The van der Waals surface area contributed by atoms with Gasteiger partial charge in [-0.05, 0) is 25.5 Å². The zero-order valence-electron chi connectivity index (χ0n) is 10.7. The average Bonchev–Trinajstić information content (AvgIpc) is 2.78. The van der Waals surface area contributed by atoms with Crippen LogP contribution in [0.3, 0.4) is 0 Å². The zero-order chi connectivity index (χ0) is 14.0. The Balaban J connectivity index is 2.44. The summed E-state index contributed by atoms with van der Waals surface area (Å²) >= 11 is 0. The topological polar surface area (TPSA) is 41.0 Å². The highest BCUT2D eigenvalue weighted by molar-refractivity contribution is 6.09. The highest BCUT2D eigenvalue weighted by Crippen LogP contribution is 2.18. The fourth-order valence-electron chi connectivity index (χ4n) is 1.61. The number of pyridine rings is 1. The van der Waals surface area contributed by atoms with Crippen LogP contribution in [0.1, 0.15) is 19.4 Å². The summed E-state index contributed by atoms with van der Waals surface area (Å²) < 4.78 is 26.5. The summed E-state index contributed by atoms with van der Waals surface area (Å²) in [7, 11) is 0. The van der Waals surface area contributed by atoms with Crippen LogP contribution in [-0.2, 0) is 0 Å². The summed E-state index contributed by atoms with van der Waals surface area (Å²) in [5.74, 6) is -0.909. The third-order valence-electron chi connectivity index (χ3n) is 2.67.